The number of hydrogen-bond donors (Lipinski definition) is 0. The maximum atomic E-state index is 11.4. The zero-order valence-electron chi connectivity index (χ0n) is 11.9. The summed E-state index contributed by atoms with van der Waals surface area (Å²) in [5.41, 5.74) is 1.48. The topological polar surface area (TPSA) is 26.3 Å². The van der Waals surface area contributed by atoms with Crippen LogP contribution in [0.5, 0.6) is 0 Å². The van der Waals surface area contributed by atoms with Gasteiger partial charge in [-0.1, -0.05) is 43.8 Å². The summed E-state index contributed by atoms with van der Waals surface area (Å²) in [7, 11) is 0. The summed E-state index contributed by atoms with van der Waals surface area (Å²) in [5, 5.41) is 0. The zero-order chi connectivity index (χ0) is 13.1. The second kappa shape index (κ2) is 10.2. The lowest BCUT2D eigenvalue weighted by Gasteiger charge is -2.06. The molecule has 0 atom stereocenters. The van der Waals surface area contributed by atoms with Gasteiger partial charge in [-0.3, -0.25) is 4.79 Å². The number of allylic oxidation sites excluding steroid dienone is 2. The van der Waals surface area contributed by atoms with E-state index in [1.165, 1.54) is 50.5 Å². The largest absolute Gasteiger partial charge is 0.466 e. The first-order valence-corrected chi connectivity index (χ1v) is 7.60. The van der Waals surface area contributed by atoms with Crippen LogP contribution in [-0.4, -0.2) is 12.6 Å². The second-order valence-electron chi connectivity index (χ2n) is 5.39. The molecule has 0 spiro atoms. The molecule has 0 saturated carbocycles. The van der Waals surface area contributed by atoms with Crippen molar-refractivity contribution >= 4 is 5.97 Å². The van der Waals surface area contributed by atoms with E-state index in [0.717, 1.165) is 19.3 Å². The lowest BCUT2D eigenvalue weighted by Crippen LogP contribution is -2.05. The number of carbonyl (C=O) groups excluding carboxylic acids is 1. The molecule has 2 nitrogen and oxygen atoms in total. The fourth-order valence-corrected chi connectivity index (χ4v) is 2.34. The zero-order valence-corrected chi connectivity index (χ0v) is 11.9. The fraction of sp³-hybridized carbons (Fsp3) is 0.812. The summed E-state index contributed by atoms with van der Waals surface area (Å²) in [4.78, 5) is 11.4. The van der Waals surface area contributed by atoms with Crippen molar-refractivity contribution in [2.24, 2.45) is 0 Å². The third kappa shape index (κ3) is 8.32. The number of hydrogen-bond acceptors (Lipinski definition) is 2. The normalized spacial score (nSPS) is 24.9. The molecule has 0 amide bonds. The monoisotopic (exact) mass is 252 g/mol. The molecule has 1 aliphatic heterocycles. The van der Waals surface area contributed by atoms with E-state index < -0.39 is 0 Å². The Morgan fingerprint density at radius 2 is 1.56 bits per heavy atom. The molecule has 0 fully saturated rings. The highest BCUT2D eigenvalue weighted by molar-refractivity contribution is 5.69. The highest BCUT2D eigenvalue weighted by atomic mass is 16.5. The molecule has 0 N–H and O–H groups in total. The Morgan fingerprint density at radius 3 is 2.33 bits per heavy atom. The molecule has 0 bridgehead atoms. The van der Waals surface area contributed by atoms with E-state index in [-0.39, 0.29) is 5.97 Å². The second-order valence-corrected chi connectivity index (χ2v) is 5.39. The molecule has 0 saturated heterocycles. The Morgan fingerprint density at radius 1 is 0.889 bits per heavy atom. The molecule has 0 aromatic carbocycles. The van der Waals surface area contributed by atoms with Crippen LogP contribution in [0.1, 0.15) is 77.6 Å². The van der Waals surface area contributed by atoms with Gasteiger partial charge in [-0.2, -0.15) is 0 Å². The van der Waals surface area contributed by atoms with Gasteiger partial charge in [-0.15, -0.1) is 0 Å². The first-order valence-electron chi connectivity index (χ1n) is 7.60. The van der Waals surface area contributed by atoms with Crippen LogP contribution >= 0.6 is 0 Å². The predicted molar refractivity (Wildman–Crippen MR) is 75.5 cm³/mol. The summed E-state index contributed by atoms with van der Waals surface area (Å²) >= 11 is 0. The molecule has 1 rings (SSSR count). The first-order chi connectivity index (χ1) is 8.79. The van der Waals surface area contributed by atoms with Crippen molar-refractivity contribution in [1.82, 2.24) is 0 Å². The molecule has 0 aromatic heterocycles. The highest BCUT2D eigenvalue weighted by Gasteiger charge is 2.02. The van der Waals surface area contributed by atoms with Gasteiger partial charge in [0.2, 0.25) is 0 Å². The summed E-state index contributed by atoms with van der Waals surface area (Å²) in [5.74, 6) is -0.0202. The SMILES string of the molecule is C/C1=C/CCCC(=O)OCCCCCCCCC1. The number of carbonyl (C=O) groups is 1. The van der Waals surface area contributed by atoms with Gasteiger partial charge in [0.05, 0.1) is 6.61 Å². The summed E-state index contributed by atoms with van der Waals surface area (Å²) in [6, 6.07) is 0. The summed E-state index contributed by atoms with van der Waals surface area (Å²) in [6.07, 6.45) is 14.9. The van der Waals surface area contributed by atoms with Crippen LogP contribution in [0, 0.1) is 0 Å². The van der Waals surface area contributed by atoms with Gasteiger partial charge in [0.25, 0.3) is 0 Å². The summed E-state index contributed by atoms with van der Waals surface area (Å²) in [6.45, 7) is 2.83. The van der Waals surface area contributed by atoms with Crippen molar-refractivity contribution in [3.63, 3.8) is 0 Å². The Hall–Kier alpha value is -0.790. The van der Waals surface area contributed by atoms with Crippen molar-refractivity contribution in [1.29, 1.82) is 0 Å². The van der Waals surface area contributed by atoms with Crippen LogP contribution in [0.25, 0.3) is 0 Å². The van der Waals surface area contributed by atoms with E-state index in [1.54, 1.807) is 0 Å². The van der Waals surface area contributed by atoms with Crippen LogP contribution in [-0.2, 0) is 9.53 Å². The third-order valence-electron chi connectivity index (χ3n) is 3.56. The standard InChI is InChI=1S/C16H28O2/c1-15-11-7-5-3-2-4-6-10-14-18-16(17)13-9-8-12-15/h12H,2-11,13-14H2,1H3/b15-12-. The molecule has 2 heteroatoms. The number of esters is 1. The Bertz CT molecular complexity index is 256. The number of rotatable bonds is 0. The van der Waals surface area contributed by atoms with Gasteiger partial charge in [0.1, 0.15) is 0 Å². The van der Waals surface area contributed by atoms with E-state index in [4.69, 9.17) is 4.74 Å². The molecule has 1 heterocycles. The molecule has 104 valence electrons. The maximum absolute atomic E-state index is 11.4. The first kappa shape index (κ1) is 15.3. The van der Waals surface area contributed by atoms with Crippen LogP contribution in [0.2, 0.25) is 0 Å². The minimum absolute atomic E-state index is 0.0202. The molecule has 0 radical (unpaired) electrons. The van der Waals surface area contributed by atoms with Gasteiger partial charge in [0.15, 0.2) is 0 Å². The van der Waals surface area contributed by atoms with Crippen LogP contribution < -0.4 is 0 Å². The average Bonchev–Trinajstić information content (AvgIpc) is 2.35. The lowest BCUT2D eigenvalue weighted by molar-refractivity contribution is -0.143. The Labute approximate surface area is 112 Å². The van der Waals surface area contributed by atoms with Gasteiger partial charge in [-0.25, -0.2) is 0 Å². The van der Waals surface area contributed by atoms with Crippen molar-refractivity contribution < 1.29 is 9.53 Å². The minimum atomic E-state index is -0.0202. The van der Waals surface area contributed by atoms with Crippen LogP contribution in [0.15, 0.2) is 11.6 Å². The molecule has 0 aromatic rings. The Kier molecular flexibility index (Phi) is 8.62. The van der Waals surface area contributed by atoms with E-state index in [1.807, 2.05) is 0 Å². The van der Waals surface area contributed by atoms with E-state index >= 15 is 0 Å². The smallest absolute Gasteiger partial charge is 0.305 e. The third-order valence-corrected chi connectivity index (χ3v) is 3.56. The molecular weight excluding hydrogens is 224 g/mol. The predicted octanol–water partition coefficient (Wildman–Crippen LogP) is 4.78. The van der Waals surface area contributed by atoms with Crippen molar-refractivity contribution in [2.75, 3.05) is 6.61 Å². The highest BCUT2D eigenvalue weighted by Crippen LogP contribution is 2.14. The van der Waals surface area contributed by atoms with Crippen molar-refractivity contribution in [3.05, 3.63) is 11.6 Å². The molecule has 0 unspecified atom stereocenters. The maximum Gasteiger partial charge on any atom is 0.305 e. The molecule has 0 aliphatic carbocycles. The van der Waals surface area contributed by atoms with E-state index in [2.05, 4.69) is 13.0 Å². The van der Waals surface area contributed by atoms with Gasteiger partial charge in [0, 0.05) is 6.42 Å². The van der Waals surface area contributed by atoms with Gasteiger partial charge < -0.3 is 4.74 Å². The van der Waals surface area contributed by atoms with Gasteiger partial charge in [-0.05, 0) is 39.0 Å². The molecule has 1 aliphatic rings. The van der Waals surface area contributed by atoms with Crippen molar-refractivity contribution in [2.45, 2.75) is 77.6 Å². The van der Waals surface area contributed by atoms with Gasteiger partial charge >= 0.3 is 5.97 Å². The summed E-state index contributed by atoms with van der Waals surface area (Å²) < 4.78 is 5.21. The quantitative estimate of drug-likeness (QED) is 0.458. The van der Waals surface area contributed by atoms with E-state index in [9.17, 15) is 4.79 Å². The van der Waals surface area contributed by atoms with Crippen molar-refractivity contribution in [3.8, 4) is 0 Å². The molecular formula is C16H28O2. The van der Waals surface area contributed by atoms with Crippen LogP contribution in [0.3, 0.4) is 0 Å². The lowest BCUT2D eigenvalue weighted by atomic mass is 10.0. The number of ether oxygens (including phenoxy) is 1. The van der Waals surface area contributed by atoms with E-state index in [0.29, 0.717) is 13.0 Å². The number of cyclic esters (lactones) is 1. The average molecular weight is 252 g/mol. The minimum Gasteiger partial charge on any atom is -0.466 e. The van der Waals surface area contributed by atoms with Crippen LogP contribution in [0.4, 0.5) is 0 Å². The Balaban J connectivity index is 2.28. The fourth-order valence-electron chi connectivity index (χ4n) is 2.34. The molecule has 18 heavy (non-hydrogen) atoms.